The van der Waals surface area contributed by atoms with E-state index in [-0.39, 0.29) is 28.4 Å². The van der Waals surface area contributed by atoms with E-state index < -0.39 is 35.9 Å². The number of hydrogen-bond acceptors (Lipinski definition) is 2. The summed E-state index contributed by atoms with van der Waals surface area (Å²) in [5.41, 5.74) is -2.29. The van der Waals surface area contributed by atoms with Crippen LogP contribution in [0.4, 0.5) is 0 Å². The van der Waals surface area contributed by atoms with Gasteiger partial charge in [-0.2, -0.15) is 0 Å². The van der Waals surface area contributed by atoms with Gasteiger partial charge in [0.25, 0.3) is 0 Å². The number of terminal acetylenes is 1. The van der Waals surface area contributed by atoms with Crippen LogP contribution < -0.4 is 0 Å². The quantitative estimate of drug-likeness (QED) is 0.214. The van der Waals surface area contributed by atoms with Crippen molar-refractivity contribution in [3.63, 3.8) is 0 Å². The Morgan fingerprint density at radius 1 is 1.03 bits per heavy atom. The zero-order chi connectivity index (χ0) is 31.2. The Morgan fingerprint density at radius 2 is 1.68 bits per heavy atom. The van der Waals surface area contributed by atoms with Gasteiger partial charge >= 0.3 is 0 Å². The molecule has 0 heterocycles. The Balaban J connectivity index is 2.35. The highest BCUT2D eigenvalue weighted by Gasteiger charge is 2.57. The molecular weight excluding hydrogens is 449 g/mol. The molecule has 0 aromatic carbocycles. The summed E-state index contributed by atoms with van der Waals surface area (Å²) in [6.45, 7) is 16.3. The van der Waals surface area contributed by atoms with Crippen molar-refractivity contribution in [3.05, 3.63) is 0 Å². The molecule has 0 aromatic rings. The minimum Gasteiger partial charge on any atom is -0.414 e. The molecule has 2 aliphatic carbocycles. The van der Waals surface area contributed by atoms with Gasteiger partial charge in [0, 0.05) is 20.7 Å². The van der Waals surface area contributed by atoms with Crippen LogP contribution in [0, 0.1) is 35.0 Å². The highest BCUT2D eigenvalue weighted by Crippen LogP contribution is 2.63. The third kappa shape index (κ3) is 7.02. The Morgan fingerprint density at radius 3 is 2.21 bits per heavy atom. The maximum absolute atomic E-state index is 8.27. The van der Waals surface area contributed by atoms with Gasteiger partial charge in [0.2, 0.25) is 0 Å². The molecule has 2 rings (SSSR count). The van der Waals surface area contributed by atoms with E-state index in [1.807, 2.05) is 19.6 Å². The average molecular weight is 513 g/mol. The monoisotopic (exact) mass is 512 g/mol. The van der Waals surface area contributed by atoms with Crippen LogP contribution in [-0.2, 0) is 8.85 Å². The highest BCUT2D eigenvalue weighted by atomic mass is 28.4. The number of rotatable bonds is 10. The summed E-state index contributed by atoms with van der Waals surface area (Å²) in [6.07, 6.45) is 13.5. The van der Waals surface area contributed by atoms with Crippen molar-refractivity contribution in [1.82, 2.24) is 0 Å². The molecule has 0 saturated heterocycles. The second kappa shape index (κ2) is 10.3. The second-order valence-corrected chi connectivity index (χ2v) is 23.7. The van der Waals surface area contributed by atoms with Crippen molar-refractivity contribution in [1.29, 1.82) is 0 Å². The SMILES string of the molecule is [2H]C([2H])([2H])C(CCC[C@](C)(CC#C)[C@H]1CCC2[C@@H](O[Si](C)(C)C(C)(C)C)CCC[C@@]21C)(O[Si](C)(C)C)C([2H])([2H])[2H]. The molecule has 0 bridgehead atoms. The van der Waals surface area contributed by atoms with Crippen LogP contribution in [0.2, 0.25) is 37.8 Å². The van der Waals surface area contributed by atoms with E-state index in [4.69, 9.17) is 23.5 Å². The smallest absolute Gasteiger partial charge is 0.192 e. The lowest BCUT2D eigenvalue weighted by atomic mass is 9.56. The largest absolute Gasteiger partial charge is 0.414 e. The third-order valence-corrected chi connectivity index (χ3v) is 14.9. The van der Waals surface area contributed by atoms with Crippen molar-refractivity contribution in [2.75, 3.05) is 0 Å². The fraction of sp³-hybridized carbons (Fsp3) is 0.933. The van der Waals surface area contributed by atoms with Crippen LogP contribution >= 0.6 is 0 Å². The summed E-state index contributed by atoms with van der Waals surface area (Å²) < 4.78 is 62.8. The molecule has 0 radical (unpaired) electrons. The maximum atomic E-state index is 8.27. The van der Waals surface area contributed by atoms with Crippen molar-refractivity contribution in [3.8, 4) is 12.3 Å². The molecule has 0 N–H and O–H groups in total. The first-order chi connectivity index (χ1) is 17.8. The molecule has 34 heavy (non-hydrogen) atoms. The van der Waals surface area contributed by atoms with Gasteiger partial charge in [-0.05, 0) is 113 Å². The molecule has 0 aliphatic heterocycles. The fourth-order valence-corrected chi connectivity index (χ4v) is 9.43. The summed E-state index contributed by atoms with van der Waals surface area (Å²) in [6, 6.07) is 0. The summed E-state index contributed by atoms with van der Waals surface area (Å²) >= 11 is 0. The lowest BCUT2D eigenvalue weighted by Gasteiger charge is -2.52. The van der Waals surface area contributed by atoms with Gasteiger partial charge in [-0.3, -0.25) is 0 Å². The van der Waals surface area contributed by atoms with Crippen molar-refractivity contribution in [2.24, 2.45) is 22.7 Å². The molecule has 0 amide bonds. The number of hydrogen-bond donors (Lipinski definition) is 0. The van der Waals surface area contributed by atoms with Gasteiger partial charge in [-0.25, -0.2) is 0 Å². The molecular formula is C30H58O2Si2. The summed E-state index contributed by atoms with van der Waals surface area (Å²) in [5, 5.41) is 0.160. The minimum atomic E-state index is -2.76. The van der Waals surface area contributed by atoms with Crippen molar-refractivity contribution < 1.29 is 17.1 Å². The predicted molar refractivity (Wildman–Crippen MR) is 154 cm³/mol. The topological polar surface area (TPSA) is 18.5 Å². The third-order valence-electron chi connectivity index (χ3n) is 9.42. The standard InChI is InChI=1S/C30H58O2Si2/c1-14-20-29(7,22-16-21-28(5,6)32-33(9,10)11)26-19-18-24-25(17-15-23-30(24,26)8)31-34(12,13)27(2,3)4/h1,24-26H,15-23H2,2-13H3/t24?,25-,26+,29-,30-/m0/s1/i5D3,6D3. The Bertz CT molecular complexity index is 898. The van der Waals surface area contributed by atoms with E-state index in [1.54, 1.807) is 0 Å². The molecule has 198 valence electrons. The van der Waals surface area contributed by atoms with E-state index in [0.717, 1.165) is 32.1 Å². The van der Waals surface area contributed by atoms with Crippen LogP contribution in [0.3, 0.4) is 0 Å². The van der Waals surface area contributed by atoms with Gasteiger partial charge in [0.15, 0.2) is 16.6 Å². The van der Waals surface area contributed by atoms with E-state index in [1.165, 1.54) is 0 Å². The molecule has 5 atom stereocenters. The first kappa shape index (κ1) is 21.9. The van der Waals surface area contributed by atoms with E-state index in [9.17, 15) is 0 Å². The molecule has 0 aromatic heterocycles. The average Bonchev–Trinajstić information content (AvgIpc) is 3.08. The Labute approximate surface area is 224 Å². The summed E-state index contributed by atoms with van der Waals surface area (Å²) in [4.78, 5) is 0. The predicted octanol–water partition coefficient (Wildman–Crippen LogP) is 9.42. The fourth-order valence-electron chi connectivity index (χ4n) is 6.89. The van der Waals surface area contributed by atoms with Crippen molar-refractivity contribution in [2.45, 2.75) is 156 Å². The van der Waals surface area contributed by atoms with Gasteiger partial charge < -0.3 is 8.85 Å². The van der Waals surface area contributed by atoms with Gasteiger partial charge in [0.1, 0.15) is 0 Å². The van der Waals surface area contributed by atoms with Crippen LogP contribution in [0.25, 0.3) is 0 Å². The van der Waals surface area contributed by atoms with Gasteiger partial charge in [0.05, 0.1) is 5.60 Å². The zero-order valence-electron chi connectivity index (χ0n) is 30.0. The van der Waals surface area contributed by atoms with Gasteiger partial charge in [-0.15, -0.1) is 12.3 Å². The van der Waals surface area contributed by atoms with E-state index in [0.29, 0.717) is 31.1 Å². The van der Waals surface area contributed by atoms with E-state index >= 15 is 0 Å². The summed E-state index contributed by atoms with van der Waals surface area (Å²) in [7, 11) is -4.40. The molecule has 1 unspecified atom stereocenters. The first-order valence-electron chi connectivity index (χ1n) is 16.6. The Hall–Kier alpha value is -0.0862. The molecule has 0 spiro atoms. The maximum Gasteiger partial charge on any atom is 0.192 e. The molecule has 4 heteroatoms. The molecule has 2 saturated carbocycles. The van der Waals surface area contributed by atoms with Crippen LogP contribution in [0.5, 0.6) is 0 Å². The van der Waals surface area contributed by atoms with Crippen LogP contribution in [0.1, 0.15) is 114 Å². The summed E-state index contributed by atoms with van der Waals surface area (Å²) in [5.74, 6) is 3.80. The molecule has 2 aliphatic rings. The first-order valence-corrected chi connectivity index (χ1v) is 19.9. The van der Waals surface area contributed by atoms with E-state index in [2.05, 4.69) is 53.6 Å². The normalized spacial score (nSPS) is 33.9. The number of fused-ring (bicyclic) bond motifs is 1. The van der Waals surface area contributed by atoms with Crippen LogP contribution in [-0.4, -0.2) is 28.3 Å². The lowest BCUT2D eigenvalue weighted by molar-refractivity contribution is -0.0441. The van der Waals surface area contributed by atoms with Gasteiger partial charge in [-0.1, -0.05) is 47.5 Å². The Kier molecular flexibility index (Phi) is 6.68. The minimum absolute atomic E-state index is 0.0333. The second-order valence-electron chi connectivity index (χ2n) is 14.5. The molecule has 2 fully saturated rings. The molecule has 2 nitrogen and oxygen atoms in total. The lowest BCUT2D eigenvalue weighted by Crippen LogP contribution is -2.51. The van der Waals surface area contributed by atoms with Crippen molar-refractivity contribution >= 4 is 16.6 Å². The zero-order valence-corrected chi connectivity index (χ0v) is 26.0. The highest BCUT2D eigenvalue weighted by molar-refractivity contribution is 6.74. The van der Waals surface area contributed by atoms with Crippen LogP contribution in [0.15, 0.2) is 0 Å².